The number of imidazole rings is 1. The average molecular weight is 395 g/mol. The molecule has 0 fully saturated rings. The third kappa shape index (κ3) is 2.92. The Labute approximate surface area is 174 Å². The lowest BCUT2D eigenvalue weighted by atomic mass is 9.81. The van der Waals surface area contributed by atoms with E-state index in [0.29, 0.717) is 11.8 Å². The lowest BCUT2D eigenvalue weighted by molar-refractivity contribution is -0.131. The van der Waals surface area contributed by atoms with Gasteiger partial charge in [0, 0.05) is 29.9 Å². The zero-order chi connectivity index (χ0) is 21.2. The summed E-state index contributed by atoms with van der Waals surface area (Å²) in [5.41, 5.74) is 5.82. The van der Waals surface area contributed by atoms with Crippen LogP contribution >= 0.6 is 0 Å². The molecular weight excluding hydrogens is 360 g/mol. The van der Waals surface area contributed by atoms with E-state index in [4.69, 9.17) is 4.98 Å². The Balaban J connectivity index is 2.05. The molecule has 2 atom stereocenters. The number of hydrogen-bond acceptors (Lipinski definition) is 3. The molecule has 0 N–H and O–H groups in total. The number of rotatable bonds is 4. The van der Waals surface area contributed by atoms with Gasteiger partial charge >= 0.3 is 0 Å². The number of hydrogen-bond donors (Lipinski definition) is 0. The molecule has 29 heavy (non-hydrogen) atoms. The van der Waals surface area contributed by atoms with E-state index in [1.165, 1.54) is 16.8 Å². The minimum atomic E-state index is 0.0247. The highest BCUT2D eigenvalue weighted by atomic mass is 16.2. The van der Waals surface area contributed by atoms with Crippen molar-refractivity contribution in [2.75, 3.05) is 0 Å². The van der Waals surface area contributed by atoms with Crippen molar-refractivity contribution in [2.45, 2.75) is 85.7 Å². The Morgan fingerprint density at radius 2 is 1.69 bits per heavy atom. The first-order valence-corrected chi connectivity index (χ1v) is 11.1. The molecule has 1 aliphatic carbocycles. The van der Waals surface area contributed by atoms with Gasteiger partial charge in [0.05, 0.1) is 17.4 Å². The molecule has 0 aromatic carbocycles. The minimum Gasteiger partial charge on any atom is -0.328 e. The van der Waals surface area contributed by atoms with Gasteiger partial charge in [-0.3, -0.25) is 9.20 Å². The molecule has 1 aliphatic heterocycles. The monoisotopic (exact) mass is 394 g/mol. The van der Waals surface area contributed by atoms with Crippen molar-refractivity contribution in [1.29, 1.82) is 0 Å². The van der Waals surface area contributed by atoms with E-state index in [2.05, 4.69) is 75.9 Å². The summed E-state index contributed by atoms with van der Waals surface area (Å²) < 4.78 is 2.21. The van der Waals surface area contributed by atoms with Crippen LogP contribution in [0.3, 0.4) is 0 Å². The van der Waals surface area contributed by atoms with E-state index in [1.807, 2.05) is 6.20 Å². The SMILES string of the molecule is CC(C)C1=C(C(C)C)[C@H]2C[C@H](c3nc4ncc(C(C)C)cn4c32)N(C(C)C)C1=O. The molecule has 2 aromatic rings. The number of amides is 1. The summed E-state index contributed by atoms with van der Waals surface area (Å²) in [6, 6.07) is 0.153. The van der Waals surface area contributed by atoms with Crippen LogP contribution in [0.4, 0.5) is 0 Å². The topological polar surface area (TPSA) is 50.5 Å². The summed E-state index contributed by atoms with van der Waals surface area (Å²) in [7, 11) is 0. The molecule has 4 rings (SSSR count). The minimum absolute atomic E-state index is 0.0247. The van der Waals surface area contributed by atoms with Crippen molar-refractivity contribution in [3.8, 4) is 0 Å². The van der Waals surface area contributed by atoms with Gasteiger partial charge in [-0.15, -0.1) is 0 Å². The zero-order valence-electron chi connectivity index (χ0n) is 19.0. The van der Waals surface area contributed by atoms with E-state index in [0.717, 1.165) is 23.5 Å². The quantitative estimate of drug-likeness (QED) is 0.712. The number of allylic oxidation sites excluding steroid dienone is 1. The smallest absolute Gasteiger partial charge is 0.250 e. The lowest BCUT2D eigenvalue weighted by Gasteiger charge is -2.33. The molecule has 0 saturated carbocycles. The Morgan fingerprint density at radius 3 is 2.24 bits per heavy atom. The average Bonchev–Trinajstić information content (AvgIpc) is 3.11. The van der Waals surface area contributed by atoms with Crippen LogP contribution in [0.1, 0.15) is 96.6 Å². The summed E-state index contributed by atoms with van der Waals surface area (Å²) in [5.74, 6) is 2.10. The molecule has 3 heterocycles. The number of fused-ring (bicyclic) bond motifs is 7. The fourth-order valence-corrected chi connectivity index (χ4v) is 5.32. The van der Waals surface area contributed by atoms with Gasteiger partial charge in [-0.05, 0) is 49.2 Å². The highest BCUT2D eigenvalue weighted by Gasteiger charge is 2.48. The summed E-state index contributed by atoms with van der Waals surface area (Å²) in [5, 5.41) is 0. The molecule has 0 unspecified atom stereocenters. The van der Waals surface area contributed by atoms with Gasteiger partial charge in [-0.25, -0.2) is 9.97 Å². The number of nitrogens with zero attached hydrogens (tertiary/aromatic N) is 4. The maximum atomic E-state index is 13.7. The third-order valence-corrected chi connectivity index (χ3v) is 6.58. The predicted molar refractivity (Wildman–Crippen MR) is 116 cm³/mol. The molecule has 5 heteroatoms. The molecule has 5 nitrogen and oxygen atoms in total. The van der Waals surface area contributed by atoms with Crippen LogP contribution in [0.25, 0.3) is 5.78 Å². The van der Waals surface area contributed by atoms with E-state index >= 15 is 0 Å². The van der Waals surface area contributed by atoms with Gasteiger partial charge in [-0.2, -0.15) is 0 Å². The Bertz CT molecular complexity index is 996. The van der Waals surface area contributed by atoms with E-state index in [9.17, 15) is 4.79 Å². The molecule has 2 bridgehead atoms. The summed E-state index contributed by atoms with van der Waals surface area (Å²) in [6.45, 7) is 17.4. The molecule has 2 aliphatic rings. The van der Waals surface area contributed by atoms with Gasteiger partial charge in [-0.1, -0.05) is 41.5 Å². The first-order valence-electron chi connectivity index (χ1n) is 11.1. The zero-order valence-corrected chi connectivity index (χ0v) is 19.0. The second-order valence-electron chi connectivity index (χ2n) is 9.88. The molecule has 2 aromatic heterocycles. The van der Waals surface area contributed by atoms with Crippen molar-refractivity contribution in [3.05, 3.63) is 40.5 Å². The third-order valence-electron chi connectivity index (χ3n) is 6.58. The highest BCUT2D eigenvalue weighted by Crippen LogP contribution is 2.53. The van der Waals surface area contributed by atoms with Gasteiger partial charge in [0.1, 0.15) is 0 Å². The van der Waals surface area contributed by atoms with E-state index in [1.54, 1.807) is 0 Å². The number of carbonyl (C=O) groups is 1. The van der Waals surface area contributed by atoms with E-state index < -0.39 is 0 Å². The van der Waals surface area contributed by atoms with Crippen LogP contribution in [0.2, 0.25) is 0 Å². The van der Waals surface area contributed by atoms with Gasteiger partial charge in [0.25, 0.3) is 5.91 Å². The second kappa shape index (κ2) is 6.96. The molecular formula is C24H34N4O. The molecule has 0 radical (unpaired) electrons. The second-order valence-corrected chi connectivity index (χ2v) is 9.88. The number of aromatic nitrogens is 3. The summed E-state index contributed by atoms with van der Waals surface area (Å²) in [4.78, 5) is 25.4. The van der Waals surface area contributed by atoms with Crippen LogP contribution in [0, 0.1) is 11.8 Å². The maximum absolute atomic E-state index is 13.7. The van der Waals surface area contributed by atoms with Crippen LogP contribution in [0.15, 0.2) is 23.5 Å². The first-order chi connectivity index (χ1) is 13.6. The predicted octanol–water partition coefficient (Wildman–Crippen LogP) is 5.24. The molecule has 0 spiro atoms. The Morgan fingerprint density at radius 1 is 1.00 bits per heavy atom. The lowest BCUT2D eigenvalue weighted by Crippen LogP contribution is -2.41. The Hall–Kier alpha value is -2.17. The van der Waals surface area contributed by atoms with Crippen molar-refractivity contribution >= 4 is 11.7 Å². The first kappa shape index (κ1) is 20.1. The van der Waals surface area contributed by atoms with Crippen LogP contribution in [-0.2, 0) is 4.79 Å². The fourth-order valence-electron chi connectivity index (χ4n) is 5.32. The van der Waals surface area contributed by atoms with E-state index in [-0.39, 0.29) is 29.8 Å². The standard InChI is InChI=1S/C24H34N4O/c1-12(2)16-10-25-24-26-21-18-9-17(22(21)27(24)11-16)19(13(3)4)20(14(5)6)23(29)28(18)15(7)8/h10-15,17-18H,9H2,1-8H3/t17-,18-/m1/s1. The van der Waals surface area contributed by atoms with Gasteiger partial charge in [0.2, 0.25) is 5.78 Å². The van der Waals surface area contributed by atoms with Crippen molar-refractivity contribution in [2.24, 2.45) is 11.8 Å². The molecule has 1 amide bonds. The van der Waals surface area contributed by atoms with Crippen molar-refractivity contribution < 1.29 is 4.79 Å². The summed E-state index contributed by atoms with van der Waals surface area (Å²) in [6.07, 6.45) is 5.08. The highest BCUT2D eigenvalue weighted by molar-refractivity contribution is 5.96. The number of carbonyl (C=O) groups excluding carboxylic acids is 1. The Kier molecular flexibility index (Phi) is 4.83. The van der Waals surface area contributed by atoms with Crippen molar-refractivity contribution in [1.82, 2.24) is 19.3 Å². The van der Waals surface area contributed by atoms with Crippen molar-refractivity contribution in [3.63, 3.8) is 0 Å². The molecule has 0 saturated heterocycles. The van der Waals surface area contributed by atoms with Crippen LogP contribution < -0.4 is 0 Å². The van der Waals surface area contributed by atoms with Gasteiger partial charge in [0.15, 0.2) is 0 Å². The maximum Gasteiger partial charge on any atom is 0.250 e. The van der Waals surface area contributed by atoms with Crippen LogP contribution in [0.5, 0.6) is 0 Å². The fraction of sp³-hybridized carbons (Fsp3) is 0.625. The van der Waals surface area contributed by atoms with Crippen LogP contribution in [-0.4, -0.2) is 31.2 Å². The largest absolute Gasteiger partial charge is 0.328 e. The van der Waals surface area contributed by atoms with Gasteiger partial charge < -0.3 is 4.90 Å². The normalized spacial score (nSPS) is 22.1. The summed E-state index contributed by atoms with van der Waals surface area (Å²) >= 11 is 0. The molecule has 156 valence electrons.